The van der Waals surface area contributed by atoms with Gasteiger partial charge in [-0.25, -0.2) is 0 Å². The number of hydrogen-bond acceptors (Lipinski definition) is 3. The van der Waals surface area contributed by atoms with Crippen molar-refractivity contribution in [3.05, 3.63) is 101 Å². The molecule has 0 radical (unpaired) electrons. The lowest BCUT2D eigenvalue weighted by Gasteiger charge is -2.11. The Bertz CT molecular complexity index is 1390. The molecule has 4 aromatic rings. The van der Waals surface area contributed by atoms with Crippen LogP contribution in [0.1, 0.15) is 22.4 Å². The Morgan fingerprint density at radius 1 is 1.06 bits per heavy atom. The SMILES string of the molecule is COc1ccc(C)cc1NC(=O)/C(C#N)=C/c1c(C)n(Cc2ccccc2)c2ccccc12. The molecule has 0 saturated carbocycles. The summed E-state index contributed by atoms with van der Waals surface area (Å²) in [6.07, 6.45) is 1.68. The Morgan fingerprint density at radius 2 is 1.79 bits per heavy atom. The molecule has 4 rings (SSSR count). The van der Waals surface area contributed by atoms with E-state index < -0.39 is 5.91 Å². The number of hydrogen-bond donors (Lipinski definition) is 1. The number of carbonyl (C=O) groups excluding carboxylic acids is 1. The van der Waals surface area contributed by atoms with Crippen molar-refractivity contribution in [3.63, 3.8) is 0 Å². The van der Waals surface area contributed by atoms with E-state index in [0.29, 0.717) is 18.0 Å². The maximum absolute atomic E-state index is 13.0. The van der Waals surface area contributed by atoms with Gasteiger partial charge in [-0.1, -0.05) is 54.6 Å². The molecule has 0 unspecified atom stereocenters. The van der Waals surface area contributed by atoms with Crippen LogP contribution in [-0.2, 0) is 11.3 Å². The number of rotatable bonds is 6. The molecule has 0 atom stereocenters. The summed E-state index contributed by atoms with van der Waals surface area (Å²) in [5.41, 5.74) is 5.65. The van der Waals surface area contributed by atoms with E-state index in [1.807, 2.05) is 62.4 Å². The summed E-state index contributed by atoms with van der Waals surface area (Å²) in [5.74, 6) is 0.0718. The van der Waals surface area contributed by atoms with E-state index in [0.717, 1.165) is 27.7 Å². The van der Waals surface area contributed by atoms with Gasteiger partial charge in [0.1, 0.15) is 17.4 Å². The van der Waals surface area contributed by atoms with Crippen molar-refractivity contribution < 1.29 is 9.53 Å². The summed E-state index contributed by atoms with van der Waals surface area (Å²) in [6.45, 7) is 4.65. The Morgan fingerprint density at radius 3 is 2.52 bits per heavy atom. The number of ether oxygens (including phenoxy) is 1. The first-order valence-electron chi connectivity index (χ1n) is 10.7. The summed E-state index contributed by atoms with van der Waals surface area (Å²) in [7, 11) is 1.55. The quantitative estimate of drug-likeness (QED) is 0.305. The van der Waals surface area contributed by atoms with E-state index in [2.05, 4.69) is 34.2 Å². The molecule has 5 heteroatoms. The predicted octanol–water partition coefficient (Wildman–Crippen LogP) is 5.86. The maximum Gasteiger partial charge on any atom is 0.266 e. The Hall–Kier alpha value is -4.30. The maximum atomic E-state index is 13.0. The number of anilines is 1. The Kier molecular flexibility index (Phi) is 6.28. The zero-order valence-electron chi connectivity index (χ0n) is 18.9. The van der Waals surface area contributed by atoms with Crippen molar-refractivity contribution in [2.45, 2.75) is 20.4 Å². The summed E-state index contributed by atoms with van der Waals surface area (Å²) < 4.78 is 7.56. The van der Waals surface area contributed by atoms with Crippen molar-refractivity contribution >= 4 is 28.6 Å². The highest BCUT2D eigenvalue weighted by Crippen LogP contribution is 2.30. The number of nitriles is 1. The third kappa shape index (κ3) is 4.51. The molecule has 0 aliphatic heterocycles. The van der Waals surface area contributed by atoms with Crippen molar-refractivity contribution in [1.82, 2.24) is 4.57 Å². The number of carbonyl (C=O) groups is 1. The fraction of sp³-hybridized carbons (Fsp3) is 0.143. The average Bonchev–Trinajstić information content (AvgIpc) is 3.09. The van der Waals surface area contributed by atoms with Crippen molar-refractivity contribution in [3.8, 4) is 11.8 Å². The van der Waals surface area contributed by atoms with E-state index in [9.17, 15) is 10.1 Å². The molecule has 1 N–H and O–H groups in total. The summed E-state index contributed by atoms with van der Waals surface area (Å²) in [6, 6.07) is 25.9. The highest BCUT2D eigenvalue weighted by molar-refractivity contribution is 6.11. The van der Waals surface area contributed by atoms with Crippen LogP contribution in [0.15, 0.2) is 78.4 Å². The smallest absolute Gasteiger partial charge is 0.266 e. The van der Waals surface area contributed by atoms with Crippen molar-refractivity contribution in [2.24, 2.45) is 0 Å². The molecule has 164 valence electrons. The van der Waals surface area contributed by atoms with Crippen LogP contribution >= 0.6 is 0 Å². The van der Waals surface area contributed by atoms with Crippen molar-refractivity contribution in [2.75, 3.05) is 12.4 Å². The van der Waals surface area contributed by atoms with Gasteiger partial charge in [0.25, 0.3) is 5.91 Å². The molecule has 3 aromatic carbocycles. The normalized spacial score (nSPS) is 11.3. The zero-order valence-corrected chi connectivity index (χ0v) is 18.9. The minimum atomic E-state index is -0.472. The first kappa shape index (κ1) is 21.9. The Balaban J connectivity index is 1.74. The number of aryl methyl sites for hydroxylation is 1. The van der Waals surface area contributed by atoms with Gasteiger partial charge in [-0.3, -0.25) is 4.79 Å². The molecule has 0 aliphatic carbocycles. The van der Waals surface area contributed by atoms with Crippen LogP contribution in [0.25, 0.3) is 17.0 Å². The first-order chi connectivity index (χ1) is 16.0. The number of fused-ring (bicyclic) bond motifs is 1. The number of aromatic nitrogens is 1. The van der Waals surface area contributed by atoms with Crippen LogP contribution < -0.4 is 10.1 Å². The molecule has 0 fully saturated rings. The summed E-state index contributed by atoms with van der Waals surface area (Å²) in [4.78, 5) is 13.0. The van der Waals surface area contributed by atoms with E-state index in [1.165, 1.54) is 5.56 Å². The predicted molar refractivity (Wildman–Crippen MR) is 132 cm³/mol. The fourth-order valence-corrected chi connectivity index (χ4v) is 4.01. The van der Waals surface area contributed by atoms with Gasteiger partial charge >= 0.3 is 0 Å². The van der Waals surface area contributed by atoms with Crippen LogP contribution in [0.4, 0.5) is 5.69 Å². The monoisotopic (exact) mass is 435 g/mol. The highest BCUT2D eigenvalue weighted by atomic mass is 16.5. The summed E-state index contributed by atoms with van der Waals surface area (Å²) >= 11 is 0. The second kappa shape index (κ2) is 9.46. The minimum absolute atomic E-state index is 0.0317. The largest absolute Gasteiger partial charge is 0.495 e. The molecule has 1 amide bonds. The van der Waals surface area contributed by atoms with Gasteiger partial charge in [-0.05, 0) is 49.2 Å². The first-order valence-corrected chi connectivity index (χ1v) is 10.7. The zero-order chi connectivity index (χ0) is 23.4. The topological polar surface area (TPSA) is 67.0 Å². The standard InChI is InChI=1S/C28H25N3O2/c1-19-13-14-27(33-3)25(15-19)30-28(32)22(17-29)16-24-20(2)31(18-21-9-5-4-6-10-21)26-12-8-7-11-23(24)26/h4-16H,18H2,1-3H3,(H,30,32)/b22-16+. The molecule has 1 heterocycles. The van der Waals surface area contributed by atoms with Crippen molar-refractivity contribution in [1.29, 1.82) is 5.26 Å². The van der Waals surface area contributed by atoms with E-state index in [4.69, 9.17) is 4.74 Å². The van der Waals surface area contributed by atoms with Gasteiger partial charge in [0.05, 0.1) is 12.8 Å². The van der Waals surface area contributed by atoms with Crippen LogP contribution in [0, 0.1) is 25.2 Å². The fourth-order valence-electron chi connectivity index (χ4n) is 4.01. The van der Waals surface area contributed by atoms with Gasteiger partial charge < -0.3 is 14.6 Å². The van der Waals surface area contributed by atoms with Crippen LogP contribution in [0.5, 0.6) is 5.75 Å². The number of methoxy groups -OCH3 is 1. The van der Waals surface area contributed by atoms with E-state index >= 15 is 0 Å². The number of amides is 1. The van der Waals surface area contributed by atoms with E-state index in [1.54, 1.807) is 19.3 Å². The van der Waals surface area contributed by atoms with Gasteiger partial charge in [-0.15, -0.1) is 0 Å². The lowest BCUT2D eigenvalue weighted by molar-refractivity contribution is -0.112. The Labute approximate surface area is 193 Å². The van der Waals surface area contributed by atoms with Crippen LogP contribution in [0.2, 0.25) is 0 Å². The lowest BCUT2D eigenvalue weighted by Crippen LogP contribution is -2.14. The number of nitrogens with one attached hydrogen (secondary N) is 1. The summed E-state index contributed by atoms with van der Waals surface area (Å²) in [5, 5.41) is 13.6. The second-order valence-electron chi connectivity index (χ2n) is 7.92. The van der Waals surface area contributed by atoms with Crippen LogP contribution in [0.3, 0.4) is 0 Å². The molecule has 0 bridgehead atoms. The molecule has 0 saturated heterocycles. The minimum Gasteiger partial charge on any atom is -0.495 e. The molecule has 5 nitrogen and oxygen atoms in total. The van der Waals surface area contributed by atoms with E-state index in [-0.39, 0.29) is 5.57 Å². The van der Waals surface area contributed by atoms with Crippen LogP contribution in [-0.4, -0.2) is 17.6 Å². The molecular weight excluding hydrogens is 410 g/mol. The average molecular weight is 436 g/mol. The van der Waals surface area contributed by atoms with Gasteiger partial charge in [-0.2, -0.15) is 5.26 Å². The van der Waals surface area contributed by atoms with Gasteiger partial charge in [0.15, 0.2) is 0 Å². The molecule has 33 heavy (non-hydrogen) atoms. The molecule has 1 aromatic heterocycles. The number of nitrogens with zero attached hydrogens (tertiary/aromatic N) is 2. The number of para-hydroxylation sites is 1. The van der Waals surface area contributed by atoms with Gasteiger partial charge in [0.2, 0.25) is 0 Å². The van der Waals surface area contributed by atoms with Gasteiger partial charge in [0, 0.05) is 28.7 Å². The molecule has 0 aliphatic rings. The highest BCUT2D eigenvalue weighted by Gasteiger charge is 2.17. The lowest BCUT2D eigenvalue weighted by atomic mass is 10.1. The second-order valence-corrected chi connectivity index (χ2v) is 7.92. The number of benzene rings is 3. The molecular formula is C28H25N3O2. The third-order valence-corrected chi connectivity index (χ3v) is 5.72. The molecule has 0 spiro atoms. The third-order valence-electron chi connectivity index (χ3n) is 5.72.